The number of carboxylic acids is 1. The van der Waals surface area contributed by atoms with Gasteiger partial charge in [0.05, 0.1) is 17.6 Å². The maximum atomic E-state index is 11.5. The number of aliphatic hydroxyl groups is 1. The smallest absolute Gasteiger partial charge is 0.307 e. The summed E-state index contributed by atoms with van der Waals surface area (Å²) in [6.45, 7) is 8.21. The summed E-state index contributed by atoms with van der Waals surface area (Å²) in [7, 11) is 0. The Bertz CT molecular complexity index is 2380. The lowest BCUT2D eigenvalue weighted by Crippen LogP contribution is -2.22. The SMILES string of the molecule is Cc1c(Nc2nccc3cc(CN4CC[C@@H](O)C4)cnc23)cccc1-c1cccc(-c2nc3cc(CN4CC[C@@H](C(=O)O)C4)cc(C#N)c3o2)c1C. The predicted octanol–water partition coefficient (Wildman–Crippen LogP) is 6.81. The summed E-state index contributed by atoms with van der Waals surface area (Å²) in [5, 5.41) is 33.9. The summed E-state index contributed by atoms with van der Waals surface area (Å²) in [5.41, 5.74) is 10.1. The highest BCUT2D eigenvalue weighted by Crippen LogP contribution is 2.38. The largest absolute Gasteiger partial charge is 0.481 e. The van der Waals surface area contributed by atoms with Gasteiger partial charge < -0.3 is 19.9 Å². The normalized spacial score (nSPS) is 18.0. The zero-order valence-electron chi connectivity index (χ0n) is 29.1. The molecule has 11 nitrogen and oxygen atoms in total. The molecule has 0 bridgehead atoms. The van der Waals surface area contributed by atoms with E-state index in [4.69, 9.17) is 14.4 Å². The quantitative estimate of drug-likeness (QED) is 0.146. The number of oxazole rings is 1. The molecule has 8 rings (SSSR count). The van der Waals surface area contributed by atoms with E-state index in [0.29, 0.717) is 61.0 Å². The van der Waals surface area contributed by atoms with E-state index in [0.717, 1.165) is 75.0 Å². The zero-order valence-corrected chi connectivity index (χ0v) is 29.1. The van der Waals surface area contributed by atoms with Crippen LogP contribution in [0.2, 0.25) is 0 Å². The van der Waals surface area contributed by atoms with Crippen LogP contribution in [0.25, 0.3) is 44.6 Å². The van der Waals surface area contributed by atoms with Gasteiger partial charge in [-0.15, -0.1) is 0 Å². The average molecular weight is 694 g/mol. The van der Waals surface area contributed by atoms with Gasteiger partial charge in [0, 0.05) is 61.8 Å². The molecule has 262 valence electrons. The molecule has 11 heteroatoms. The van der Waals surface area contributed by atoms with Crippen molar-refractivity contribution in [3.63, 3.8) is 0 Å². The Morgan fingerprint density at radius 1 is 0.942 bits per heavy atom. The molecular weight excluding hydrogens is 654 g/mol. The van der Waals surface area contributed by atoms with E-state index in [-0.39, 0.29) is 12.0 Å². The van der Waals surface area contributed by atoms with Gasteiger partial charge in [-0.05, 0) is 103 Å². The van der Waals surface area contributed by atoms with Crippen molar-refractivity contribution in [2.75, 3.05) is 31.5 Å². The molecule has 6 aromatic rings. The lowest BCUT2D eigenvalue weighted by Gasteiger charge is -2.17. The van der Waals surface area contributed by atoms with Gasteiger partial charge in [-0.1, -0.05) is 24.3 Å². The molecule has 0 aliphatic carbocycles. The number of nitriles is 1. The van der Waals surface area contributed by atoms with E-state index in [9.17, 15) is 20.3 Å². The Balaban J connectivity index is 1.07. The van der Waals surface area contributed by atoms with Gasteiger partial charge in [-0.2, -0.15) is 5.26 Å². The number of nitrogens with one attached hydrogen (secondary N) is 1. The number of benzene rings is 3. The van der Waals surface area contributed by atoms with Gasteiger partial charge in [0.2, 0.25) is 5.89 Å². The van der Waals surface area contributed by atoms with Crippen LogP contribution >= 0.6 is 0 Å². The fraction of sp³-hybridized carbons (Fsp3) is 0.293. The van der Waals surface area contributed by atoms with Gasteiger partial charge in [0.25, 0.3) is 0 Å². The Morgan fingerprint density at radius 3 is 2.46 bits per heavy atom. The van der Waals surface area contributed by atoms with Crippen LogP contribution in [0.15, 0.2) is 77.5 Å². The van der Waals surface area contributed by atoms with Gasteiger partial charge in [0.15, 0.2) is 11.4 Å². The third-order valence-electron chi connectivity index (χ3n) is 10.4. The molecule has 3 aromatic heterocycles. The van der Waals surface area contributed by atoms with E-state index >= 15 is 0 Å². The minimum atomic E-state index is -0.767. The topological polar surface area (TPSA) is 152 Å². The molecule has 3 aromatic carbocycles. The summed E-state index contributed by atoms with van der Waals surface area (Å²) in [4.78, 5) is 30.1. The van der Waals surface area contributed by atoms with Gasteiger partial charge in [-0.25, -0.2) is 9.97 Å². The number of hydrogen-bond donors (Lipinski definition) is 3. The molecule has 0 amide bonds. The number of aromatic nitrogens is 3. The summed E-state index contributed by atoms with van der Waals surface area (Å²) < 4.78 is 6.28. The number of pyridine rings is 2. The van der Waals surface area contributed by atoms with Crippen LogP contribution in [-0.4, -0.2) is 73.2 Å². The highest BCUT2D eigenvalue weighted by Gasteiger charge is 2.28. The highest BCUT2D eigenvalue weighted by molar-refractivity contribution is 5.91. The number of carboxylic acid groups (broad SMARTS) is 1. The van der Waals surface area contributed by atoms with Crippen LogP contribution in [0.4, 0.5) is 11.5 Å². The van der Waals surface area contributed by atoms with E-state index in [1.807, 2.05) is 48.7 Å². The number of fused-ring (bicyclic) bond motifs is 2. The number of aliphatic hydroxyl groups excluding tert-OH is 1. The number of nitrogens with zero attached hydrogens (tertiary/aromatic N) is 6. The average Bonchev–Trinajstić information content (AvgIpc) is 3.89. The van der Waals surface area contributed by atoms with Crippen molar-refractivity contribution in [3.05, 3.63) is 101 Å². The third kappa shape index (κ3) is 6.48. The van der Waals surface area contributed by atoms with Gasteiger partial charge in [0.1, 0.15) is 17.1 Å². The Hall–Kier alpha value is -5.67. The summed E-state index contributed by atoms with van der Waals surface area (Å²) in [6.07, 6.45) is 4.87. The number of β-amino-alcohol motifs (C(OH)–C–C–N with tert-alkyl or cyclic N) is 1. The third-order valence-corrected chi connectivity index (χ3v) is 10.4. The number of anilines is 2. The molecule has 2 aliphatic rings. The fourth-order valence-corrected chi connectivity index (χ4v) is 7.66. The van der Waals surface area contributed by atoms with Crippen molar-refractivity contribution in [1.82, 2.24) is 24.8 Å². The fourth-order valence-electron chi connectivity index (χ4n) is 7.66. The summed E-state index contributed by atoms with van der Waals surface area (Å²) >= 11 is 0. The van der Waals surface area contributed by atoms with E-state index in [2.05, 4.69) is 58.2 Å². The second kappa shape index (κ2) is 13.8. The first-order valence-electron chi connectivity index (χ1n) is 17.6. The Morgan fingerprint density at radius 2 is 1.69 bits per heavy atom. The second-order valence-electron chi connectivity index (χ2n) is 14.0. The molecule has 3 N–H and O–H groups in total. The number of carbonyl (C=O) groups is 1. The highest BCUT2D eigenvalue weighted by atomic mass is 16.4. The minimum Gasteiger partial charge on any atom is -0.481 e. The molecule has 5 heterocycles. The molecule has 0 radical (unpaired) electrons. The van der Waals surface area contributed by atoms with E-state index < -0.39 is 5.97 Å². The van der Waals surface area contributed by atoms with Crippen LogP contribution in [0.1, 0.15) is 40.7 Å². The lowest BCUT2D eigenvalue weighted by atomic mass is 9.93. The van der Waals surface area contributed by atoms with Crippen LogP contribution < -0.4 is 5.32 Å². The maximum Gasteiger partial charge on any atom is 0.307 e. The first kappa shape index (κ1) is 33.5. The van der Waals surface area contributed by atoms with E-state index in [1.54, 1.807) is 6.20 Å². The Kier molecular flexibility index (Phi) is 8.89. The molecule has 2 saturated heterocycles. The van der Waals surface area contributed by atoms with Crippen LogP contribution in [0, 0.1) is 31.1 Å². The summed E-state index contributed by atoms with van der Waals surface area (Å²) in [6, 6.07) is 22.4. The van der Waals surface area contributed by atoms with Gasteiger partial charge in [-0.3, -0.25) is 19.6 Å². The zero-order chi connectivity index (χ0) is 35.9. The van der Waals surface area contributed by atoms with E-state index in [1.165, 1.54) is 0 Å². The standard InChI is InChI=1S/C41H39N7O4/c1-24-32(5-3-7-34(24)40-46-36-17-26(15-30(18-42)38(36)52-40)20-47-13-10-29(22-47)41(50)51)33-6-4-8-35(25(33)2)45-39-37-28(9-12-43-39)16-27(19-44-37)21-48-14-11-31(49)23-48/h3-9,12,15-17,19,29,31,49H,10-11,13-14,20-23H2,1-2H3,(H,43,45)(H,50,51)/t29-,31-/m1/s1. The van der Waals surface area contributed by atoms with Crippen molar-refractivity contribution in [1.29, 1.82) is 5.26 Å². The van der Waals surface area contributed by atoms with Crippen molar-refractivity contribution in [2.45, 2.75) is 45.9 Å². The van der Waals surface area contributed by atoms with Crippen molar-refractivity contribution < 1.29 is 19.4 Å². The first-order chi connectivity index (χ1) is 25.2. The predicted molar refractivity (Wildman–Crippen MR) is 199 cm³/mol. The van der Waals surface area contributed by atoms with Gasteiger partial charge >= 0.3 is 5.97 Å². The maximum absolute atomic E-state index is 11.5. The minimum absolute atomic E-state index is 0.254. The number of rotatable bonds is 9. The molecule has 2 fully saturated rings. The molecule has 0 saturated carbocycles. The molecule has 0 unspecified atom stereocenters. The number of likely N-dealkylation sites (tertiary alicyclic amines) is 2. The van der Waals surface area contributed by atoms with Crippen LogP contribution in [-0.2, 0) is 17.9 Å². The molecular formula is C41H39N7O4. The lowest BCUT2D eigenvalue weighted by molar-refractivity contribution is -0.141. The number of aliphatic carboxylic acids is 1. The summed E-state index contributed by atoms with van der Waals surface area (Å²) in [5.74, 6) is -0.0155. The van der Waals surface area contributed by atoms with Crippen LogP contribution in [0.3, 0.4) is 0 Å². The number of hydrogen-bond acceptors (Lipinski definition) is 10. The molecule has 0 spiro atoms. The first-order valence-corrected chi connectivity index (χ1v) is 17.6. The van der Waals surface area contributed by atoms with Crippen molar-refractivity contribution in [2.24, 2.45) is 5.92 Å². The van der Waals surface area contributed by atoms with Crippen molar-refractivity contribution in [3.8, 4) is 28.7 Å². The molecule has 2 atom stereocenters. The second-order valence-corrected chi connectivity index (χ2v) is 14.0. The monoisotopic (exact) mass is 693 g/mol. The van der Waals surface area contributed by atoms with Crippen molar-refractivity contribution >= 4 is 39.5 Å². The molecule has 2 aliphatic heterocycles. The Labute approximate surface area is 301 Å². The molecule has 52 heavy (non-hydrogen) atoms. The van der Waals surface area contributed by atoms with Crippen LogP contribution in [0.5, 0.6) is 0 Å².